The average Bonchev–Trinajstić information content (AvgIpc) is 3.32. The lowest BCUT2D eigenvalue weighted by atomic mass is 10.0. The van der Waals surface area contributed by atoms with E-state index in [-0.39, 0.29) is 5.91 Å². The Kier molecular flexibility index (Phi) is 5.99. The number of para-hydroxylation sites is 2. The van der Waals surface area contributed by atoms with E-state index >= 15 is 0 Å². The molecule has 1 fully saturated rings. The van der Waals surface area contributed by atoms with Crippen LogP contribution in [0.4, 0.5) is 0 Å². The van der Waals surface area contributed by atoms with Crippen molar-refractivity contribution in [2.45, 2.75) is 50.5 Å². The quantitative estimate of drug-likeness (QED) is 0.441. The van der Waals surface area contributed by atoms with Gasteiger partial charge in [-0.25, -0.2) is 4.98 Å². The second-order valence-corrected chi connectivity index (χ2v) is 8.32. The third-order valence-corrected chi connectivity index (χ3v) is 6.34. The number of carbonyl (C=O) groups excluding carboxylic acids is 1. The fourth-order valence-electron chi connectivity index (χ4n) is 3.82. The molecule has 1 aliphatic rings. The van der Waals surface area contributed by atoms with E-state index in [1.54, 1.807) is 0 Å². The van der Waals surface area contributed by atoms with Gasteiger partial charge in [-0.05, 0) is 38.3 Å². The number of carbonyl (C=O) groups is 1. The number of amides is 1. The number of aromatic nitrogens is 5. The Hall–Kier alpha value is -2.61. The van der Waals surface area contributed by atoms with Crippen molar-refractivity contribution < 1.29 is 4.79 Å². The van der Waals surface area contributed by atoms with Crippen LogP contribution in [0.3, 0.4) is 0 Å². The van der Waals surface area contributed by atoms with Crippen molar-refractivity contribution in [3.05, 3.63) is 49.1 Å². The van der Waals surface area contributed by atoms with Gasteiger partial charge in [0, 0.05) is 19.1 Å². The van der Waals surface area contributed by atoms with E-state index in [9.17, 15) is 4.79 Å². The normalized spacial score (nSPS) is 17.0. The van der Waals surface area contributed by atoms with Gasteiger partial charge in [-0.1, -0.05) is 30.0 Å². The van der Waals surface area contributed by atoms with Crippen molar-refractivity contribution in [2.24, 2.45) is 0 Å². The van der Waals surface area contributed by atoms with E-state index < -0.39 is 0 Å². The molecule has 0 bridgehead atoms. The van der Waals surface area contributed by atoms with Crippen LogP contribution in [-0.4, -0.2) is 53.5 Å². The van der Waals surface area contributed by atoms with E-state index in [1.165, 1.54) is 18.2 Å². The second-order valence-electron chi connectivity index (χ2n) is 7.38. The number of piperidine rings is 1. The molecular weight excluding hydrogens is 384 g/mol. The van der Waals surface area contributed by atoms with Gasteiger partial charge in [0.1, 0.15) is 0 Å². The monoisotopic (exact) mass is 410 g/mol. The van der Waals surface area contributed by atoms with Gasteiger partial charge in [-0.15, -0.1) is 16.8 Å². The SMILES string of the molecule is C=CCn1c(Cn2cnc3ccccc32)nnc1SCC(=O)N1CCCCC1C. The summed E-state index contributed by atoms with van der Waals surface area (Å²) in [5.41, 5.74) is 2.02. The van der Waals surface area contributed by atoms with Gasteiger partial charge in [-0.3, -0.25) is 4.79 Å². The number of likely N-dealkylation sites (tertiary alicyclic amines) is 1. The fourth-order valence-corrected chi connectivity index (χ4v) is 4.67. The average molecular weight is 411 g/mol. The number of benzene rings is 1. The molecule has 1 aliphatic heterocycles. The summed E-state index contributed by atoms with van der Waals surface area (Å²) >= 11 is 1.45. The van der Waals surface area contributed by atoms with E-state index in [2.05, 4.69) is 33.3 Å². The molecule has 2 aromatic heterocycles. The van der Waals surface area contributed by atoms with E-state index in [0.29, 0.717) is 24.9 Å². The largest absolute Gasteiger partial charge is 0.339 e. The highest BCUT2D eigenvalue weighted by atomic mass is 32.2. The van der Waals surface area contributed by atoms with Crippen molar-refractivity contribution in [3.63, 3.8) is 0 Å². The van der Waals surface area contributed by atoms with Crippen molar-refractivity contribution in [1.82, 2.24) is 29.2 Å². The Bertz CT molecular complexity index is 1010. The summed E-state index contributed by atoms with van der Waals surface area (Å²) in [6.45, 7) is 8.03. The standard InChI is InChI=1S/C21H26N6OS/c1-3-11-27-19(13-25-15-22-17-9-4-5-10-18(17)25)23-24-21(27)29-14-20(28)26-12-7-6-8-16(26)2/h3-5,9-10,15-16H,1,6-8,11-14H2,2H3. The molecule has 0 aliphatic carbocycles. The zero-order valence-corrected chi connectivity index (χ0v) is 17.5. The van der Waals surface area contributed by atoms with Crippen LogP contribution >= 0.6 is 11.8 Å². The minimum absolute atomic E-state index is 0.178. The van der Waals surface area contributed by atoms with Crippen LogP contribution in [0.25, 0.3) is 11.0 Å². The number of imidazole rings is 1. The highest BCUT2D eigenvalue weighted by Gasteiger charge is 2.24. The summed E-state index contributed by atoms with van der Waals surface area (Å²) in [5.74, 6) is 1.39. The van der Waals surface area contributed by atoms with Crippen LogP contribution in [-0.2, 0) is 17.9 Å². The lowest BCUT2D eigenvalue weighted by molar-refractivity contribution is -0.131. The maximum atomic E-state index is 12.7. The predicted molar refractivity (Wildman–Crippen MR) is 115 cm³/mol. The van der Waals surface area contributed by atoms with Gasteiger partial charge >= 0.3 is 0 Å². The number of rotatable bonds is 7. The van der Waals surface area contributed by atoms with Gasteiger partial charge in [0.15, 0.2) is 11.0 Å². The van der Waals surface area contributed by atoms with Crippen LogP contribution in [0.1, 0.15) is 32.0 Å². The highest BCUT2D eigenvalue weighted by molar-refractivity contribution is 7.99. The van der Waals surface area contributed by atoms with Crippen molar-refractivity contribution in [2.75, 3.05) is 12.3 Å². The van der Waals surface area contributed by atoms with E-state index in [0.717, 1.165) is 41.4 Å². The number of fused-ring (bicyclic) bond motifs is 1. The van der Waals surface area contributed by atoms with Crippen LogP contribution in [0.2, 0.25) is 0 Å². The van der Waals surface area contributed by atoms with E-state index in [1.807, 2.05) is 46.1 Å². The van der Waals surface area contributed by atoms with Gasteiger partial charge < -0.3 is 14.0 Å². The first-order chi connectivity index (χ1) is 14.2. The lowest BCUT2D eigenvalue weighted by Crippen LogP contribution is -2.43. The molecule has 7 nitrogen and oxygen atoms in total. The molecule has 0 spiro atoms. The minimum atomic E-state index is 0.178. The fraction of sp³-hybridized carbons (Fsp3) is 0.429. The topological polar surface area (TPSA) is 68.8 Å². The number of allylic oxidation sites excluding steroid dienone is 1. The molecule has 1 atom stereocenters. The van der Waals surface area contributed by atoms with Crippen LogP contribution in [0.5, 0.6) is 0 Å². The molecule has 1 unspecified atom stereocenters. The van der Waals surface area contributed by atoms with Gasteiger partial charge in [-0.2, -0.15) is 0 Å². The first kappa shape index (κ1) is 19.7. The molecule has 0 saturated carbocycles. The van der Waals surface area contributed by atoms with Gasteiger partial charge in [0.25, 0.3) is 0 Å². The molecule has 29 heavy (non-hydrogen) atoms. The summed E-state index contributed by atoms with van der Waals surface area (Å²) in [7, 11) is 0. The number of nitrogens with zero attached hydrogens (tertiary/aromatic N) is 6. The Labute approximate surface area is 174 Å². The smallest absolute Gasteiger partial charge is 0.233 e. The third-order valence-electron chi connectivity index (χ3n) is 5.39. The molecule has 1 saturated heterocycles. The third kappa shape index (κ3) is 4.22. The van der Waals surface area contributed by atoms with Crippen molar-refractivity contribution >= 4 is 28.7 Å². The first-order valence-corrected chi connectivity index (χ1v) is 11.0. The molecule has 3 aromatic rings. The first-order valence-electron chi connectivity index (χ1n) is 10.0. The Morgan fingerprint density at radius 1 is 1.31 bits per heavy atom. The zero-order chi connectivity index (χ0) is 20.2. The number of hydrogen-bond donors (Lipinski definition) is 0. The highest BCUT2D eigenvalue weighted by Crippen LogP contribution is 2.22. The molecule has 152 valence electrons. The number of hydrogen-bond acceptors (Lipinski definition) is 5. The summed E-state index contributed by atoms with van der Waals surface area (Å²) in [6.07, 6.45) is 7.05. The van der Waals surface area contributed by atoms with Crippen molar-refractivity contribution in [3.8, 4) is 0 Å². The Morgan fingerprint density at radius 2 is 2.17 bits per heavy atom. The molecule has 4 rings (SSSR count). The lowest BCUT2D eigenvalue weighted by Gasteiger charge is -2.33. The van der Waals surface area contributed by atoms with Crippen LogP contribution < -0.4 is 0 Å². The summed E-state index contributed by atoms with van der Waals surface area (Å²) < 4.78 is 4.09. The molecular formula is C21H26N6OS. The Balaban J connectivity index is 1.49. The van der Waals surface area contributed by atoms with E-state index in [4.69, 9.17) is 0 Å². The maximum Gasteiger partial charge on any atom is 0.233 e. The van der Waals surface area contributed by atoms with Crippen LogP contribution in [0.15, 0.2) is 48.4 Å². The molecule has 1 aromatic carbocycles. The summed E-state index contributed by atoms with van der Waals surface area (Å²) in [5, 5.41) is 9.50. The minimum Gasteiger partial charge on any atom is -0.339 e. The van der Waals surface area contributed by atoms with Crippen molar-refractivity contribution in [1.29, 1.82) is 0 Å². The molecule has 8 heteroatoms. The van der Waals surface area contributed by atoms with Gasteiger partial charge in [0.2, 0.25) is 5.91 Å². The Morgan fingerprint density at radius 3 is 3.00 bits per heavy atom. The zero-order valence-electron chi connectivity index (χ0n) is 16.7. The molecule has 3 heterocycles. The molecule has 1 amide bonds. The summed E-state index contributed by atoms with van der Waals surface area (Å²) in [4.78, 5) is 19.1. The molecule has 0 radical (unpaired) electrons. The molecule has 0 N–H and O–H groups in total. The van der Waals surface area contributed by atoms with Crippen LogP contribution in [0, 0.1) is 0 Å². The summed E-state index contributed by atoms with van der Waals surface area (Å²) in [6, 6.07) is 8.35. The second kappa shape index (κ2) is 8.82. The number of thioether (sulfide) groups is 1. The predicted octanol–water partition coefficient (Wildman–Crippen LogP) is 3.36. The van der Waals surface area contributed by atoms with Gasteiger partial charge in [0.05, 0.1) is 29.7 Å². The maximum absolute atomic E-state index is 12.7.